The molecule has 0 spiro atoms. The molecule has 3 rings (SSSR count). The van der Waals surface area contributed by atoms with E-state index in [4.69, 9.17) is 4.74 Å². The minimum absolute atomic E-state index is 0.0402. The summed E-state index contributed by atoms with van der Waals surface area (Å²) in [6.45, 7) is 2.50. The fraction of sp³-hybridized carbons (Fsp3) is 0.471. The van der Waals surface area contributed by atoms with Crippen LogP contribution < -0.4 is 10.1 Å². The number of nitrogens with one attached hydrogen (secondary N) is 1. The highest BCUT2D eigenvalue weighted by molar-refractivity contribution is 5.91. The lowest BCUT2D eigenvalue weighted by Gasteiger charge is -2.17. The van der Waals surface area contributed by atoms with Crippen LogP contribution in [0.15, 0.2) is 30.9 Å². The van der Waals surface area contributed by atoms with E-state index in [2.05, 4.69) is 15.4 Å². The maximum Gasteiger partial charge on any atom is 0.226 e. The Bertz CT molecular complexity index is 649. The van der Waals surface area contributed by atoms with Gasteiger partial charge in [-0.25, -0.2) is 4.98 Å². The number of hydrogen-bond donors (Lipinski definition) is 1. The van der Waals surface area contributed by atoms with Gasteiger partial charge in [-0.15, -0.1) is 0 Å². The van der Waals surface area contributed by atoms with Crippen LogP contribution in [0, 0.1) is 6.92 Å². The first kappa shape index (κ1) is 15.5. The predicted molar refractivity (Wildman–Crippen MR) is 87.3 cm³/mol. The number of aryl methyl sites for hydroxylation is 1. The summed E-state index contributed by atoms with van der Waals surface area (Å²) in [5, 5.41) is 6.95. The van der Waals surface area contributed by atoms with E-state index in [-0.39, 0.29) is 5.91 Å². The minimum atomic E-state index is -0.0402. The van der Waals surface area contributed by atoms with Gasteiger partial charge in [0.25, 0.3) is 0 Å². The molecule has 1 N–H and O–H groups in total. The SMILES string of the molecule is Cc1c(NC(=O)CCn2cncn2)cccc1OC1CCCC1. The van der Waals surface area contributed by atoms with Crippen LogP contribution in [0.1, 0.15) is 37.7 Å². The molecule has 0 saturated heterocycles. The van der Waals surface area contributed by atoms with E-state index in [1.807, 2.05) is 25.1 Å². The molecule has 6 nitrogen and oxygen atoms in total. The summed E-state index contributed by atoms with van der Waals surface area (Å²) < 4.78 is 7.72. The van der Waals surface area contributed by atoms with Gasteiger partial charge in [-0.05, 0) is 44.7 Å². The number of aromatic nitrogens is 3. The third-order valence-electron chi connectivity index (χ3n) is 4.19. The number of carbonyl (C=O) groups is 1. The summed E-state index contributed by atoms with van der Waals surface area (Å²) in [6.07, 6.45) is 8.45. The van der Waals surface area contributed by atoms with Crippen LogP contribution in [-0.2, 0) is 11.3 Å². The van der Waals surface area contributed by atoms with Crippen LogP contribution in [0.25, 0.3) is 0 Å². The van der Waals surface area contributed by atoms with Crippen molar-refractivity contribution in [2.75, 3.05) is 5.32 Å². The van der Waals surface area contributed by atoms with Crippen LogP contribution in [0.5, 0.6) is 5.75 Å². The predicted octanol–water partition coefficient (Wildman–Crippen LogP) is 2.94. The third-order valence-corrected chi connectivity index (χ3v) is 4.19. The van der Waals surface area contributed by atoms with E-state index in [1.54, 1.807) is 11.0 Å². The fourth-order valence-corrected chi connectivity index (χ4v) is 2.84. The molecule has 1 fully saturated rings. The molecule has 1 aliphatic rings. The summed E-state index contributed by atoms with van der Waals surface area (Å²) in [4.78, 5) is 16.0. The summed E-state index contributed by atoms with van der Waals surface area (Å²) in [7, 11) is 0. The van der Waals surface area contributed by atoms with Crippen LogP contribution in [0.3, 0.4) is 0 Å². The molecule has 0 radical (unpaired) electrons. The van der Waals surface area contributed by atoms with E-state index in [1.165, 1.54) is 19.2 Å². The summed E-state index contributed by atoms with van der Waals surface area (Å²) >= 11 is 0. The Kier molecular flexibility index (Phi) is 4.90. The molecule has 0 bridgehead atoms. The second kappa shape index (κ2) is 7.26. The van der Waals surface area contributed by atoms with Crippen molar-refractivity contribution in [2.45, 2.75) is 51.7 Å². The Balaban J connectivity index is 1.59. The lowest BCUT2D eigenvalue weighted by Crippen LogP contribution is -2.16. The molecule has 1 aromatic carbocycles. The lowest BCUT2D eigenvalue weighted by molar-refractivity contribution is -0.116. The van der Waals surface area contributed by atoms with E-state index in [0.717, 1.165) is 29.8 Å². The standard InChI is InChI=1S/C17H22N4O2/c1-13-15(20-17(22)9-10-21-12-18-11-19-21)7-4-8-16(13)23-14-5-2-3-6-14/h4,7-8,11-12,14H,2-3,5-6,9-10H2,1H3,(H,20,22). The number of benzene rings is 1. The highest BCUT2D eigenvalue weighted by atomic mass is 16.5. The number of amides is 1. The molecular weight excluding hydrogens is 292 g/mol. The second-order valence-electron chi connectivity index (χ2n) is 5.91. The van der Waals surface area contributed by atoms with Crippen LogP contribution >= 0.6 is 0 Å². The first-order valence-electron chi connectivity index (χ1n) is 8.11. The van der Waals surface area contributed by atoms with Crippen LogP contribution in [0.4, 0.5) is 5.69 Å². The number of rotatable bonds is 6. The van der Waals surface area contributed by atoms with Crippen molar-refractivity contribution < 1.29 is 9.53 Å². The molecule has 0 atom stereocenters. The fourth-order valence-electron chi connectivity index (χ4n) is 2.84. The molecular formula is C17H22N4O2. The maximum atomic E-state index is 12.1. The van der Waals surface area contributed by atoms with Crippen molar-refractivity contribution in [3.8, 4) is 5.75 Å². The first-order valence-corrected chi connectivity index (χ1v) is 8.11. The monoisotopic (exact) mass is 314 g/mol. The van der Waals surface area contributed by atoms with E-state index >= 15 is 0 Å². The van der Waals surface area contributed by atoms with Gasteiger partial charge >= 0.3 is 0 Å². The molecule has 0 unspecified atom stereocenters. The molecule has 1 saturated carbocycles. The highest BCUT2D eigenvalue weighted by Gasteiger charge is 2.18. The van der Waals surface area contributed by atoms with Crippen molar-refractivity contribution in [1.82, 2.24) is 14.8 Å². The van der Waals surface area contributed by atoms with Gasteiger partial charge in [0, 0.05) is 17.7 Å². The Morgan fingerprint density at radius 1 is 1.39 bits per heavy atom. The van der Waals surface area contributed by atoms with Gasteiger partial charge in [0.1, 0.15) is 18.4 Å². The summed E-state index contributed by atoms with van der Waals surface area (Å²) in [5.74, 6) is 0.826. The second-order valence-corrected chi connectivity index (χ2v) is 5.91. The van der Waals surface area contributed by atoms with Crippen molar-refractivity contribution >= 4 is 11.6 Å². The normalized spacial score (nSPS) is 14.8. The number of nitrogens with zero attached hydrogens (tertiary/aromatic N) is 3. The van der Waals surface area contributed by atoms with Gasteiger partial charge in [-0.1, -0.05) is 6.07 Å². The Morgan fingerprint density at radius 2 is 2.22 bits per heavy atom. The third kappa shape index (κ3) is 4.09. The summed E-state index contributed by atoms with van der Waals surface area (Å²) in [5.41, 5.74) is 1.79. The Hall–Kier alpha value is -2.37. The molecule has 23 heavy (non-hydrogen) atoms. The Morgan fingerprint density at radius 3 is 2.96 bits per heavy atom. The van der Waals surface area contributed by atoms with Gasteiger partial charge in [-0.2, -0.15) is 5.10 Å². The number of anilines is 1. The Labute approximate surface area is 135 Å². The molecule has 1 aliphatic carbocycles. The largest absolute Gasteiger partial charge is 0.490 e. The van der Waals surface area contributed by atoms with Gasteiger partial charge in [0.2, 0.25) is 5.91 Å². The molecule has 0 aliphatic heterocycles. The van der Waals surface area contributed by atoms with Crippen LogP contribution in [-0.4, -0.2) is 26.8 Å². The van der Waals surface area contributed by atoms with Gasteiger partial charge in [0.15, 0.2) is 0 Å². The van der Waals surface area contributed by atoms with Crippen molar-refractivity contribution in [3.05, 3.63) is 36.4 Å². The van der Waals surface area contributed by atoms with Gasteiger partial charge in [0.05, 0.1) is 12.6 Å². The topological polar surface area (TPSA) is 69.0 Å². The molecule has 122 valence electrons. The minimum Gasteiger partial charge on any atom is -0.490 e. The van der Waals surface area contributed by atoms with Gasteiger partial charge < -0.3 is 10.1 Å². The number of ether oxygens (including phenoxy) is 1. The first-order chi connectivity index (χ1) is 11.2. The zero-order chi connectivity index (χ0) is 16.1. The highest BCUT2D eigenvalue weighted by Crippen LogP contribution is 2.30. The maximum absolute atomic E-state index is 12.1. The van der Waals surface area contributed by atoms with Crippen molar-refractivity contribution in [1.29, 1.82) is 0 Å². The quantitative estimate of drug-likeness (QED) is 0.890. The molecule has 1 amide bonds. The smallest absolute Gasteiger partial charge is 0.226 e. The average Bonchev–Trinajstić information content (AvgIpc) is 3.23. The van der Waals surface area contributed by atoms with Crippen molar-refractivity contribution in [2.24, 2.45) is 0 Å². The van der Waals surface area contributed by atoms with E-state index in [9.17, 15) is 4.79 Å². The van der Waals surface area contributed by atoms with Crippen LogP contribution in [0.2, 0.25) is 0 Å². The number of carbonyl (C=O) groups excluding carboxylic acids is 1. The average molecular weight is 314 g/mol. The van der Waals surface area contributed by atoms with Gasteiger partial charge in [-0.3, -0.25) is 9.48 Å². The lowest BCUT2D eigenvalue weighted by atomic mass is 10.1. The van der Waals surface area contributed by atoms with E-state index < -0.39 is 0 Å². The zero-order valence-corrected chi connectivity index (χ0v) is 13.4. The molecule has 1 aromatic heterocycles. The molecule has 2 aromatic rings. The number of hydrogen-bond acceptors (Lipinski definition) is 4. The van der Waals surface area contributed by atoms with Crippen molar-refractivity contribution in [3.63, 3.8) is 0 Å². The summed E-state index contributed by atoms with van der Waals surface area (Å²) in [6, 6.07) is 5.80. The zero-order valence-electron chi connectivity index (χ0n) is 13.4. The van der Waals surface area contributed by atoms with E-state index in [0.29, 0.717) is 19.1 Å². The molecule has 1 heterocycles. The molecule has 6 heteroatoms.